The number of imidazole rings is 1. The number of hydrogen-bond donors (Lipinski definition) is 0. The highest BCUT2D eigenvalue weighted by Crippen LogP contribution is 2.42. The van der Waals surface area contributed by atoms with Crippen molar-refractivity contribution in [3.05, 3.63) is 164 Å². The molecule has 0 N–H and O–H groups in total. The standard InChI is InChI=1S/C44H27N5O/c1-2-10-28(11-3-1)48-40-18-7-5-15-34(40)35-21-22-36-37-16-9-23-45-44(37)49(42(36)41(35)48)29-12-8-13-30(26-29)50-31-19-20-32-33-14-4-6-17-39(33)47-25-24-46-43(47)38(32)27-31/h1-27H. The molecule has 6 nitrogen and oxygen atoms in total. The summed E-state index contributed by atoms with van der Waals surface area (Å²) in [6, 6.07) is 51.0. The van der Waals surface area contributed by atoms with Gasteiger partial charge in [-0.15, -0.1) is 0 Å². The first kappa shape index (κ1) is 27.1. The molecule has 11 aromatic rings. The smallest absolute Gasteiger partial charge is 0.145 e. The van der Waals surface area contributed by atoms with Crippen LogP contribution < -0.4 is 4.74 Å². The van der Waals surface area contributed by atoms with Crippen LogP contribution in [0.3, 0.4) is 0 Å². The van der Waals surface area contributed by atoms with Crippen molar-refractivity contribution >= 4 is 71.1 Å². The minimum absolute atomic E-state index is 0.740. The van der Waals surface area contributed by atoms with Crippen molar-refractivity contribution in [2.24, 2.45) is 0 Å². The summed E-state index contributed by atoms with van der Waals surface area (Å²) < 4.78 is 13.5. The monoisotopic (exact) mass is 641 g/mol. The molecule has 5 aromatic heterocycles. The van der Waals surface area contributed by atoms with E-state index in [9.17, 15) is 0 Å². The summed E-state index contributed by atoms with van der Waals surface area (Å²) in [7, 11) is 0. The van der Waals surface area contributed by atoms with Crippen LogP contribution in [0.15, 0.2) is 164 Å². The van der Waals surface area contributed by atoms with Gasteiger partial charge < -0.3 is 9.30 Å². The highest BCUT2D eigenvalue weighted by atomic mass is 16.5. The Balaban J connectivity index is 1.14. The van der Waals surface area contributed by atoms with Gasteiger partial charge in [0.1, 0.15) is 22.8 Å². The van der Waals surface area contributed by atoms with E-state index in [0.29, 0.717) is 0 Å². The van der Waals surface area contributed by atoms with Crippen molar-refractivity contribution in [3.63, 3.8) is 0 Å². The lowest BCUT2D eigenvalue weighted by molar-refractivity contribution is 0.483. The average Bonchev–Trinajstić information content (AvgIpc) is 3.89. The van der Waals surface area contributed by atoms with E-state index >= 15 is 0 Å². The fourth-order valence-corrected chi connectivity index (χ4v) is 7.91. The number of nitrogens with zero attached hydrogens (tertiary/aromatic N) is 5. The molecular formula is C44H27N5O. The lowest BCUT2D eigenvalue weighted by Gasteiger charge is -2.14. The summed E-state index contributed by atoms with van der Waals surface area (Å²) in [6.45, 7) is 0. The normalized spacial score (nSPS) is 12.0. The molecule has 0 aliphatic carbocycles. The third-order valence-electron chi connectivity index (χ3n) is 9.97. The zero-order chi connectivity index (χ0) is 32.8. The molecule has 0 atom stereocenters. The Morgan fingerprint density at radius 3 is 1.94 bits per heavy atom. The van der Waals surface area contributed by atoms with Gasteiger partial charge in [0.25, 0.3) is 0 Å². The molecule has 0 radical (unpaired) electrons. The molecule has 6 heteroatoms. The molecule has 0 spiro atoms. The first-order chi connectivity index (χ1) is 24.8. The minimum Gasteiger partial charge on any atom is -0.457 e. The molecule has 0 aliphatic heterocycles. The maximum absolute atomic E-state index is 6.64. The van der Waals surface area contributed by atoms with Gasteiger partial charge in [0, 0.05) is 62.7 Å². The molecule has 0 saturated heterocycles. The number of pyridine rings is 2. The third kappa shape index (κ3) is 3.78. The number of hydrogen-bond acceptors (Lipinski definition) is 3. The van der Waals surface area contributed by atoms with E-state index in [1.807, 2.05) is 36.8 Å². The number of para-hydroxylation sites is 3. The van der Waals surface area contributed by atoms with Crippen LogP contribution in [0.4, 0.5) is 0 Å². The number of benzene rings is 6. The summed E-state index contributed by atoms with van der Waals surface area (Å²) in [5.41, 5.74) is 8.44. The van der Waals surface area contributed by atoms with Gasteiger partial charge in [-0.2, -0.15) is 0 Å². The van der Waals surface area contributed by atoms with Crippen LogP contribution in [0.2, 0.25) is 0 Å². The van der Waals surface area contributed by atoms with Crippen LogP contribution in [0.1, 0.15) is 0 Å². The van der Waals surface area contributed by atoms with Crippen LogP contribution in [-0.2, 0) is 0 Å². The summed E-state index contributed by atoms with van der Waals surface area (Å²) in [5.74, 6) is 1.49. The number of rotatable bonds is 4. The Morgan fingerprint density at radius 2 is 1.06 bits per heavy atom. The number of ether oxygens (including phenoxy) is 1. The molecule has 0 unspecified atom stereocenters. The van der Waals surface area contributed by atoms with Gasteiger partial charge in [-0.3, -0.25) is 8.97 Å². The van der Waals surface area contributed by atoms with E-state index < -0.39 is 0 Å². The average molecular weight is 642 g/mol. The van der Waals surface area contributed by atoms with Gasteiger partial charge in [-0.25, -0.2) is 9.97 Å². The van der Waals surface area contributed by atoms with E-state index in [0.717, 1.165) is 72.3 Å². The third-order valence-corrected chi connectivity index (χ3v) is 9.97. The molecule has 0 fully saturated rings. The summed E-state index contributed by atoms with van der Waals surface area (Å²) in [5, 5.41) is 8.04. The first-order valence-corrected chi connectivity index (χ1v) is 16.7. The van der Waals surface area contributed by atoms with E-state index in [-0.39, 0.29) is 0 Å². The zero-order valence-electron chi connectivity index (χ0n) is 26.7. The van der Waals surface area contributed by atoms with Crippen LogP contribution >= 0.6 is 0 Å². The second-order valence-electron chi connectivity index (χ2n) is 12.7. The van der Waals surface area contributed by atoms with E-state index in [1.54, 1.807) is 0 Å². The SMILES string of the molecule is c1ccc(-n2c3ccccc3c3ccc4c5cccnc5n(-c5cccc(Oc6ccc7c8ccccc8n8ccnc8c7c6)c5)c4c32)cc1. The lowest BCUT2D eigenvalue weighted by Crippen LogP contribution is -1.99. The largest absolute Gasteiger partial charge is 0.457 e. The summed E-state index contributed by atoms with van der Waals surface area (Å²) in [6.07, 6.45) is 5.74. The van der Waals surface area contributed by atoms with Crippen molar-refractivity contribution in [3.8, 4) is 22.9 Å². The first-order valence-electron chi connectivity index (χ1n) is 16.7. The van der Waals surface area contributed by atoms with Crippen molar-refractivity contribution in [2.75, 3.05) is 0 Å². The second-order valence-corrected chi connectivity index (χ2v) is 12.7. The molecule has 50 heavy (non-hydrogen) atoms. The van der Waals surface area contributed by atoms with Crippen LogP contribution in [-0.4, -0.2) is 23.5 Å². The van der Waals surface area contributed by atoms with Gasteiger partial charge >= 0.3 is 0 Å². The molecule has 5 heterocycles. The van der Waals surface area contributed by atoms with Crippen molar-refractivity contribution in [1.82, 2.24) is 23.5 Å². The fourth-order valence-electron chi connectivity index (χ4n) is 7.91. The van der Waals surface area contributed by atoms with Crippen LogP contribution in [0.5, 0.6) is 11.5 Å². The second kappa shape index (κ2) is 10.3. The van der Waals surface area contributed by atoms with Gasteiger partial charge in [0.2, 0.25) is 0 Å². The molecule has 0 bridgehead atoms. The van der Waals surface area contributed by atoms with Crippen LogP contribution in [0, 0.1) is 0 Å². The Labute approximate surface area is 285 Å². The van der Waals surface area contributed by atoms with Gasteiger partial charge in [0.05, 0.1) is 27.8 Å². The molecule has 0 saturated carbocycles. The Bertz CT molecular complexity index is 3130. The Kier molecular flexibility index (Phi) is 5.57. The van der Waals surface area contributed by atoms with E-state index in [4.69, 9.17) is 14.7 Å². The molecule has 234 valence electrons. The molecule has 11 rings (SSSR count). The quantitative estimate of drug-likeness (QED) is 0.180. The van der Waals surface area contributed by atoms with Crippen LogP contribution in [0.25, 0.3) is 82.4 Å². The number of aromatic nitrogens is 5. The fraction of sp³-hybridized carbons (Fsp3) is 0. The Hall–Kier alpha value is -6.92. The van der Waals surface area contributed by atoms with Crippen molar-refractivity contribution in [1.29, 1.82) is 0 Å². The van der Waals surface area contributed by atoms with Crippen molar-refractivity contribution < 1.29 is 4.74 Å². The van der Waals surface area contributed by atoms with Gasteiger partial charge in [0.15, 0.2) is 0 Å². The predicted octanol–water partition coefficient (Wildman–Crippen LogP) is 11.0. The summed E-state index contributed by atoms with van der Waals surface area (Å²) in [4.78, 5) is 9.67. The Morgan fingerprint density at radius 1 is 0.400 bits per heavy atom. The maximum Gasteiger partial charge on any atom is 0.145 e. The highest BCUT2D eigenvalue weighted by Gasteiger charge is 2.22. The van der Waals surface area contributed by atoms with E-state index in [2.05, 4.69) is 141 Å². The molecule has 0 amide bonds. The maximum atomic E-state index is 6.64. The zero-order valence-corrected chi connectivity index (χ0v) is 26.7. The van der Waals surface area contributed by atoms with E-state index in [1.165, 1.54) is 21.7 Å². The lowest BCUT2D eigenvalue weighted by atomic mass is 10.1. The highest BCUT2D eigenvalue weighted by molar-refractivity contribution is 6.23. The topological polar surface area (TPSA) is 49.3 Å². The predicted molar refractivity (Wildman–Crippen MR) is 203 cm³/mol. The van der Waals surface area contributed by atoms with Gasteiger partial charge in [-0.1, -0.05) is 72.8 Å². The number of fused-ring (bicyclic) bond motifs is 13. The molecule has 6 aromatic carbocycles. The summed E-state index contributed by atoms with van der Waals surface area (Å²) >= 11 is 0. The minimum atomic E-state index is 0.740. The molecule has 0 aliphatic rings. The van der Waals surface area contributed by atoms with Crippen molar-refractivity contribution in [2.45, 2.75) is 0 Å². The van der Waals surface area contributed by atoms with Gasteiger partial charge in [-0.05, 0) is 72.1 Å². The molecular weight excluding hydrogens is 615 g/mol.